The molecule has 1 aromatic rings. The van der Waals surface area contributed by atoms with Crippen molar-refractivity contribution in [1.82, 2.24) is 5.32 Å². The summed E-state index contributed by atoms with van der Waals surface area (Å²) in [6.45, 7) is 1.21. The van der Waals surface area contributed by atoms with E-state index in [0.29, 0.717) is 5.92 Å². The van der Waals surface area contributed by atoms with Crippen LogP contribution in [0.25, 0.3) is 0 Å². The summed E-state index contributed by atoms with van der Waals surface area (Å²) in [5, 5.41) is 13.2. The second-order valence-corrected chi connectivity index (χ2v) is 4.54. The van der Waals surface area contributed by atoms with Gasteiger partial charge in [-0.05, 0) is 43.0 Å². The van der Waals surface area contributed by atoms with Crippen molar-refractivity contribution in [1.29, 1.82) is 0 Å². The Morgan fingerprint density at radius 2 is 2.07 bits per heavy atom. The molecule has 0 saturated carbocycles. The number of rotatable bonds is 2. The topological polar surface area (TPSA) is 32.3 Å². The van der Waals surface area contributed by atoms with Gasteiger partial charge in [0.1, 0.15) is 0 Å². The molecule has 1 aliphatic rings. The molecule has 82 valence electrons. The second-order valence-electron chi connectivity index (χ2n) is 4.11. The highest BCUT2D eigenvalue weighted by Crippen LogP contribution is 2.28. The van der Waals surface area contributed by atoms with Crippen LogP contribution in [0.2, 0.25) is 5.02 Å². The molecule has 0 aromatic heterocycles. The van der Waals surface area contributed by atoms with Crippen molar-refractivity contribution in [3.05, 3.63) is 34.9 Å². The van der Waals surface area contributed by atoms with Gasteiger partial charge in [-0.1, -0.05) is 23.7 Å². The fraction of sp³-hybridized carbons (Fsp3) is 0.500. The minimum atomic E-state index is 0.226. The zero-order chi connectivity index (χ0) is 10.7. The SMILES string of the molecule is OCC1CC(c2ccc(Cl)cc2)CCN1. The Morgan fingerprint density at radius 1 is 1.33 bits per heavy atom. The lowest BCUT2D eigenvalue weighted by Crippen LogP contribution is -2.39. The summed E-state index contributed by atoms with van der Waals surface area (Å²) in [4.78, 5) is 0. The Balaban J connectivity index is 2.06. The van der Waals surface area contributed by atoms with Crippen LogP contribution in [0.15, 0.2) is 24.3 Å². The highest BCUT2D eigenvalue weighted by Gasteiger charge is 2.21. The van der Waals surface area contributed by atoms with Gasteiger partial charge in [-0.25, -0.2) is 0 Å². The smallest absolute Gasteiger partial charge is 0.0584 e. The van der Waals surface area contributed by atoms with E-state index < -0.39 is 0 Å². The molecule has 2 atom stereocenters. The van der Waals surface area contributed by atoms with Crippen molar-refractivity contribution in [3.8, 4) is 0 Å². The maximum absolute atomic E-state index is 9.12. The molecule has 2 nitrogen and oxygen atoms in total. The molecule has 1 aromatic carbocycles. The zero-order valence-electron chi connectivity index (χ0n) is 8.62. The molecule has 0 spiro atoms. The monoisotopic (exact) mass is 225 g/mol. The summed E-state index contributed by atoms with van der Waals surface area (Å²) < 4.78 is 0. The number of hydrogen-bond acceptors (Lipinski definition) is 2. The standard InChI is InChI=1S/C12H16ClNO/c13-11-3-1-9(2-4-11)10-5-6-14-12(7-10)8-15/h1-4,10,12,14-15H,5-8H2. The normalized spacial score (nSPS) is 26.5. The highest BCUT2D eigenvalue weighted by atomic mass is 35.5. The quantitative estimate of drug-likeness (QED) is 0.809. The second kappa shape index (κ2) is 4.97. The first kappa shape index (κ1) is 10.9. The first-order valence-electron chi connectivity index (χ1n) is 5.39. The molecule has 1 fully saturated rings. The first-order valence-corrected chi connectivity index (χ1v) is 5.77. The van der Waals surface area contributed by atoms with Crippen LogP contribution in [0.5, 0.6) is 0 Å². The lowest BCUT2D eigenvalue weighted by molar-refractivity contribution is 0.210. The van der Waals surface area contributed by atoms with Gasteiger partial charge in [0.2, 0.25) is 0 Å². The molecule has 2 N–H and O–H groups in total. The van der Waals surface area contributed by atoms with Crippen LogP contribution >= 0.6 is 11.6 Å². The third-order valence-corrected chi connectivity index (χ3v) is 3.31. The van der Waals surface area contributed by atoms with Crippen LogP contribution in [0.4, 0.5) is 0 Å². The number of aliphatic hydroxyl groups excluding tert-OH is 1. The van der Waals surface area contributed by atoms with E-state index in [2.05, 4.69) is 17.4 Å². The van der Waals surface area contributed by atoms with E-state index in [0.717, 1.165) is 24.4 Å². The van der Waals surface area contributed by atoms with Gasteiger partial charge in [0, 0.05) is 11.1 Å². The molecule has 1 saturated heterocycles. The minimum Gasteiger partial charge on any atom is -0.395 e. The summed E-state index contributed by atoms with van der Waals surface area (Å²) in [6, 6.07) is 8.30. The third-order valence-electron chi connectivity index (χ3n) is 3.06. The molecule has 0 amide bonds. The largest absolute Gasteiger partial charge is 0.395 e. The maximum atomic E-state index is 9.12. The fourth-order valence-electron chi connectivity index (χ4n) is 2.18. The van der Waals surface area contributed by atoms with Crippen molar-refractivity contribution >= 4 is 11.6 Å². The molecular weight excluding hydrogens is 210 g/mol. The van der Waals surface area contributed by atoms with Crippen LogP contribution in [0.3, 0.4) is 0 Å². The van der Waals surface area contributed by atoms with E-state index >= 15 is 0 Å². The number of hydrogen-bond donors (Lipinski definition) is 2. The molecule has 0 radical (unpaired) electrons. The highest BCUT2D eigenvalue weighted by molar-refractivity contribution is 6.30. The number of benzene rings is 1. The van der Waals surface area contributed by atoms with E-state index in [1.807, 2.05) is 12.1 Å². The lowest BCUT2D eigenvalue weighted by atomic mass is 9.87. The minimum absolute atomic E-state index is 0.226. The molecule has 0 aliphatic carbocycles. The molecule has 15 heavy (non-hydrogen) atoms. The lowest BCUT2D eigenvalue weighted by Gasteiger charge is -2.29. The summed E-state index contributed by atoms with van der Waals surface area (Å²) in [6.07, 6.45) is 2.15. The van der Waals surface area contributed by atoms with Gasteiger partial charge >= 0.3 is 0 Å². The Hall–Kier alpha value is -0.570. The van der Waals surface area contributed by atoms with Crippen LogP contribution < -0.4 is 5.32 Å². The fourth-order valence-corrected chi connectivity index (χ4v) is 2.31. The van der Waals surface area contributed by atoms with Gasteiger partial charge in [0.05, 0.1) is 6.61 Å². The number of nitrogens with one attached hydrogen (secondary N) is 1. The van der Waals surface area contributed by atoms with Gasteiger partial charge in [0.25, 0.3) is 0 Å². The average molecular weight is 226 g/mol. The Bertz CT molecular complexity index is 312. The number of piperidine rings is 1. The van der Waals surface area contributed by atoms with E-state index in [1.54, 1.807) is 0 Å². The predicted octanol–water partition coefficient (Wildman–Crippen LogP) is 2.17. The average Bonchev–Trinajstić information content (AvgIpc) is 2.30. The van der Waals surface area contributed by atoms with Gasteiger partial charge in [-0.15, -0.1) is 0 Å². The molecule has 1 heterocycles. The van der Waals surface area contributed by atoms with Crippen molar-refractivity contribution < 1.29 is 5.11 Å². The number of aliphatic hydroxyl groups is 1. The maximum Gasteiger partial charge on any atom is 0.0584 e. The summed E-state index contributed by atoms with van der Waals surface area (Å²) in [7, 11) is 0. The Labute approximate surface area is 95.3 Å². The molecule has 3 heteroatoms. The van der Waals surface area contributed by atoms with Crippen molar-refractivity contribution in [2.45, 2.75) is 24.8 Å². The molecular formula is C12H16ClNO. The molecule has 2 unspecified atom stereocenters. The van der Waals surface area contributed by atoms with E-state index in [1.165, 1.54) is 5.56 Å². The zero-order valence-corrected chi connectivity index (χ0v) is 9.37. The van der Waals surface area contributed by atoms with Crippen LogP contribution in [0.1, 0.15) is 24.3 Å². The van der Waals surface area contributed by atoms with E-state index in [-0.39, 0.29) is 12.6 Å². The molecule has 2 rings (SSSR count). The van der Waals surface area contributed by atoms with E-state index in [9.17, 15) is 0 Å². The molecule has 0 bridgehead atoms. The summed E-state index contributed by atoms with van der Waals surface area (Å²) in [5.74, 6) is 0.556. The van der Waals surface area contributed by atoms with Crippen molar-refractivity contribution in [2.24, 2.45) is 0 Å². The van der Waals surface area contributed by atoms with Gasteiger partial charge in [-0.3, -0.25) is 0 Å². The first-order chi connectivity index (χ1) is 7.29. The summed E-state index contributed by atoms with van der Waals surface area (Å²) >= 11 is 5.85. The van der Waals surface area contributed by atoms with Crippen LogP contribution in [-0.4, -0.2) is 24.3 Å². The van der Waals surface area contributed by atoms with Crippen molar-refractivity contribution in [2.75, 3.05) is 13.2 Å². The summed E-state index contributed by atoms with van der Waals surface area (Å²) in [5.41, 5.74) is 1.33. The number of halogens is 1. The molecule has 1 aliphatic heterocycles. The Kier molecular flexibility index (Phi) is 3.62. The van der Waals surface area contributed by atoms with Gasteiger partial charge in [0.15, 0.2) is 0 Å². The third kappa shape index (κ3) is 2.71. The van der Waals surface area contributed by atoms with Gasteiger partial charge in [-0.2, -0.15) is 0 Å². The van der Waals surface area contributed by atoms with Gasteiger partial charge < -0.3 is 10.4 Å². The van der Waals surface area contributed by atoms with E-state index in [4.69, 9.17) is 16.7 Å². The Morgan fingerprint density at radius 3 is 2.73 bits per heavy atom. The van der Waals surface area contributed by atoms with Crippen LogP contribution in [0, 0.1) is 0 Å². The van der Waals surface area contributed by atoms with Crippen molar-refractivity contribution in [3.63, 3.8) is 0 Å². The predicted molar refractivity (Wildman–Crippen MR) is 62.3 cm³/mol. The van der Waals surface area contributed by atoms with Crippen LogP contribution in [-0.2, 0) is 0 Å².